The van der Waals surface area contributed by atoms with Crippen molar-refractivity contribution in [2.45, 2.75) is 45.3 Å². The lowest BCUT2D eigenvalue weighted by Crippen LogP contribution is -2.28. The summed E-state index contributed by atoms with van der Waals surface area (Å²) >= 11 is 0. The maximum Gasteiger partial charge on any atom is 0.101 e. The summed E-state index contributed by atoms with van der Waals surface area (Å²) in [5.74, 6) is 0. The van der Waals surface area contributed by atoms with Crippen LogP contribution in [0.15, 0.2) is 18.2 Å². The van der Waals surface area contributed by atoms with E-state index in [1.54, 1.807) is 0 Å². The van der Waals surface area contributed by atoms with Gasteiger partial charge < -0.3 is 15.3 Å². The SMILES string of the molecule is CCNCc1ccc(N2CCCC(C)(O)CC2)c(C#N)c1. The van der Waals surface area contributed by atoms with Crippen LogP contribution in [-0.2, 0) is 6.54 Å². The molecular weight excluding hydrogens is 262 g/mol. The Morgan fingerprint density at radius 3 is 2.90 bits per heavy atom. The molecule has 1 saturated heterocycles. The number of rotatable bonds is 4. The summed E-state index contributed by atoms with van der Waals surface area (Å²) < 4.78 is 0. The van der Waals surface area contributed by atoms with E-state index in [1.165, 1.54) is 0 Å². The Hall–Kier alpha value is -1.57. The van der Waals surface area contributed by atoms with Gasteiger partial charge in [-0.3, -0.25) is 0 Å². The van der Waals surface area contributed by atoms with Gasteiger partial charge in [0.25, 0.3) is 0 Å². The van der Waals surface area contributed by atoms with Crippen molar-refractivity contribution in [3.63, 3.8) is 0 Å². The van der Waals surface area contributed by atoms with Gasteiger partial charge in [0.15, 0.2) is 0 Å². The molecule has 1 unspecified atom stereocenters. The Morgan fingerprint density at radius 2 is 2.19 bits per heavy atom. The van der Waals surface area contributed by atoms with Gasteiger partial charge in [-0.05, 0) is 50.4 Å². The van der Waals surface area contributed by atoms with Crippen molar-refractivity contribution in [2.24, 2.45) is 0 Å². The first-order valence-electron chi connectivity index (χ1n) is 7.77. The summed E-state index contributed by atoms with van der Waals surface area (Å²) in [5, 5.41) is 22.9. The first kappa shape index (κ1) is 15.8. The number of nitriles is 1. The minimum Gasteiger partial charge on any atom is -0.390 e. The van der Waals surface area contributed by atoms with Gasteiger partial charge in [0.1, 0.15) is 6.07 Å². The summed E-state index contributed by atoms with van der Waals surface area (Å²) in [5.41, 5.74) is 2.29. The highest BCUT2D eigenvalue weighted by Crippen LogP contribution is 2.28. The molecule has 1 aromatic carbocycles. The van der Waals surface area contributed by atoms with E-state index in [2.05, 4.69) is 29.3 Å². The van der Waals surface area contributed by atoms with E-state index in [0.29, 0.717) is 0 Å². The molecule has 4 heteroatoms. The summed E-state index contributed by atoms with van der Waals surface area (Å²) in [6, 6.07) is 8.42. The number of hydrogen-bond donors (Lipinski definition) is 2. The van der Waals surface area contributed by atoms with E-state index in [9.17, 15) is 10.4 Å². The van der Waals surface area contributed by atoms with Gasteiger partial charge in [-0.2, -0.15) is 5.26 Å². The second-order valence-corrected chi connectivity index (χ2v) is 6.08. The molecule has 1 atom stereocenters. The fraction of sp³-hybridized carbons (Fsp3) is 0.588. The van der Waals surface area contributed by atoms with Crippen LogP contribution in [0, 0.1) is 11.3 Å². The molecule has 0 saturated carbocycles. The van der Waals surface area contributed by atoms with Crippen molar-refractivity contribution in [1.82, 2.24) is 5.32 Å². The van der Waals surface area contributed by atoms with Gasteiger partial charge in [0, 0.05) is 19.6 Å². The molecule has 0 radical (unpaired) electrons. The molecule has 1 aliphatic rings. The summed E-state index contributed by atoms with van der Waals surface area (Å²) in [7, 11) is 0. The number of aliphatic hydroxyl groups is 1. The Balaban J connectivity index is 2.17. The van der Waals surface area contributed by atoms with Gasteiger partial charge >= 0.3 is 0 Å². The fourth-order valence-electron chi connectivity index (χ4n) is 2.83. The van der Waals surface area contributed by atoms with Crippen LogP contribution < -0.4 is 10.2 Å². The summed E-state index contributed by atoms with van der Waals surface area (Å²) in [6.45, 7) is 7.39. The molecule has 1 fully saturated rings. The van der Waals surface area contributed by atoms with Crippen LogP contribution in [0.4, 0.5) is 5.69 Å². The smallest absolute Gasteiger partial charge is 0.101 e. The average molecular weight is 287 g/mol. The molecule has 0 bridgehead atoms. The summed E-state index contributed by atoms with van der Waals surface area (Å²) in [6.07, 6.45) is 2.53. The van der Waals surface area contributed by atoms with E-state index in [0.717, 1.165) is 62.3 Å². The average Bonchev–Trinajstić information content (AvgIpc) is 2.65. The molecule has 2 N–H and O–H groups in total. The van der Waals surface area contributed by atoms with Crippen LogP contribution in [0.1, 0.15) is 44.2 Å². The lowest BCUT2D eigenvalue weighted by molar-refractivity contribution is 0.0481. The molecule has 1 aromatic rings. The third-order valence-corrected chi connectivity index (χ3v) is 4.16. The highest BCUT2D eigenvalue weighted by atomic mass is 16.3. The molecule has 1 heterocycles. The maximum atomic E-state index is 10.2. The van der Waals surface area contributed by atoms with E-state index in [4.69, 9.17) is 0 Å². The van der Waals surface area contributed by atoms with Gasteiger partial charge in [-0.25, -0.2) is 0 Å². The molecule has 21 heavy (non-hydrogen) atoms. The van der Waals surface area contributed by atoms with E-state index in [-0.39, 0.29) is 0 Å². The highest BCUT2D eigenvalue weighted by molar-refractivity contribution is 5.60. The molecule has 114 valence electrons. The highest BCUT2D eigenvalue weighted by Gasteiger charge is 2.25. The molecule has 0 aromatic heterocycles. The van der Waals surface area contributed by atoms with E-state index >= 15 is 0 Å². The van der Waals surface area contributed by atoms with Gasteiger partial charge in [0.05, 0.1) is 16.9 Å². The molecule has 2 rings (SSSR count). The molecule has 4 nitrogen and oxygen atoms in total. The van der Waals surface area contributed by atoms with Crippen molar-refractivity contribution < 1.29 is 5.11 Å². The quantitative estimate of drug-likeness (QED) is 0.893. The number of anilines is 1. The first-order chi connectivity index (χ1) is 10.1. The van der Waals surface area contributed by atoms with Crippen molar-refractivity contribution in [3.05, 3.63) is 29.3 Å². The van der Waals surface area contributed by atoms with Crippen molar-refractivity contribution in [2.75, 3.05) is 24.5 Å². The lowest BCUT2D eigenvalue weighted by atomic mass is 9.98. The predicted molar refractivity (Wildman–Crippen MR) is 85.2 cm³/mol. The second-order valence-electron chi connectivity index (χ2n) is 6.08. The number of nitrogens with one attached hydrogen (secondary N) is 1. The van der Waals surface area contributed by atoms with E-state index in [1.807, 2.05) is 19.1 Å². The van der Waals surface area contributed by atoms with Crippen LogP contribution in [0.2, 0.25) is 0 Å². The molecule has 1 aliphatic heterocycles. The number of hydrogen-bond acceptors (Lipinski definition) is 4. The Morgan fingerprint density at radius 1 is 1.38 bits per heavy atom. The fourth-order valence-corrected chi connectivity index (χ4v) is 2.83. The van der Waals surface area contributed by atoms with Gasteiger partial charge in [-0.1, -0.05) is 13.0 Å². The summed E-state index contributed by atoms with van der Waals surface area (Å²) in [4.78, 5) is 2.23. The lowest BCUT2D eigenvalue weighted by Gasteiger charge is -2.25. The zero-order chi connectivity index (χ0) is 15.3. The van der Waals surface area contributed by atoms with Crippen LogP contribution >= 0.6 is 0 Å². The molecular formula is C17H25N3O. The minimum absolute atomic E-state index is 0.577. The maximum absolute atomic E-state index is 10.2. The monoisotopic (exact) mass is 287 g/mol. The first-order valence-corrected chi connectivity index (χ1v) is 7.77. The molecule has 0 aliphatic carbocycles. The second kappa shape index (κ2) is 6.93. The minimum atomic E-state index is -0.577. The van der Waals surface area contributed by atoms with Gasteiger partial charge in [-0.15, -0.1) is 0 Å². The Kier molecular flexibility index (Phi) is 5.22. The van der Waals surface area contributed by atoms with Crippen molar-refractivity contribution in [1.29, 1.82) is 5.26 Å². The third kappa shape index (κ3) is 4.20. The van der Waals surface area contributed by atoms with Crippen LogP contribution in [0.5, 0.6) is 0 Å². The topological polar surface area (TPSA) is 59.3 Å². The Bertz CT molecular complexity index is 519. The molecule has 0 spiro atoms. The van der Waals surface area contributed by atoms with Crippen molar-refractivity contribution >= 4 is 5.69 Å². The standard InChI is InChI=1S/C17H25N3O/c1-3-19-13-14-5-6-16(15(11-14)12-18)20-9-4-7-17(2,21)8-10-20/h5-6,11,19,21H,3-4,7-10,13H2,1-2H3. The van der Waals surface area contributed by atoms with Gasteiger partial charge in [0.2, 0.25) is 0 Å². The zero-order valence-electron chi connectivity index (χ0n) is 13.0. The predicted octanol–water partition coefficient (Wildman–Crippen LogP) is 2.41. The van der Waals surface area contributed by atoms with Crippen LogP contribution in [-0.4, -0.2) is 30.3 Å². The van der Waals surface area contributed by atoms with Crippen molar-refractivity contribution in [3.8, 4) is 6.07 Å². The largest absolute Gasteiger partial charge is 0.390 e. The van der Waals surface area contributed by atoms with E-state index < -0.39 is 5.60 Å². The third-order valence-electron chi connectivity index (χ3n) is 4.16. The van der Waals surface area contributed by atoms with Crippen LogP contribution in [0.3, 0.4) is 0 Å². The normalized spacial score (nSPS) is 22.7. The molecule has 0 amide bonds. The van der Waals surface area contributed by atoms with Crippen LogP contribution in [0.25, 0.3) is 0 Å². The number of nitrogens with zero attached hydrogens (tertiary/aromatic N) is 2. The Labute approximate surface area is 127 Å². The number of benzene rings is 1. The zero-order valence-corrected chi connectivity index (χ0v) is 13.0.